The van der Waals surface area contributed by atoms with Crippen molar-refractivity contribution >= 4 is 5.91 Å². The molecule has 1 atom stereocenters. The Kier molecular flexibility index (Phi) is 5.47. The van der Waals surface area contributed by atoms with Crippen molar-refractivity contribution in [3.63, 3.8) is 0 Å². The number of benzene rings is 1. The minimum atomic E-state index is 0.0600. The number of aryl methyl sites for hydroxylation is 1. The van der Waals surface area contributed by atoms with Crippen LogP contribution in [-0.2, 0) is 6.42 Å². The average Bonchev–Trinajstić information content (AvgIpc) is 2.67. The first-order valence-corrected chi connectivity index (χ1v) is 8.59. The molecule has 2 heterocycles. The van der Waals surface area contributed by atoms with Crippen LogP contribution in [0.5, 0.6) is 5.75 Å². The van der Waals surface area contributed by atoms with Gasteiger partial charge < -0.3 is 9.64 Å². The third kappa shape index (κ3) is 4.13. The number of rotatable bonds is 5. The molecule has 0 aliphatic carbocycles. The van der Waals surface area contributed by atoms with Crippen LogP contribution in [0.25, 0.3) is 0 Å². The summed E-state index contributed by atoms with van der Waals surface area (Å²) in [5.41, 5.74) is 1.87. The number of ether oxygens (including phenoxy) is 1. The molecule has 1 unspecified atom stereocenters. The largest absolute Gasteiger partial charge is 0.497 e. The lowest BCUT2D eigenvalue weighted by molar-refractivity contribution is 0.0662. The smallest absolute Gasteiger partial charge is 0.272 e. The number of hydrogen-bond donors (Lipinski definition) is 0. The molecule has 0 saturated carbocycles. The summed E-state index contributed by atoms with van der Waals surface area (Å²) >= 11 is 0. The van der Waals surface area contributed by atoms with Gasteiger partial charge in [0.2, 0.25) is 0 Å². The first-order chi connectivity index (χ1) is 11.8. The van der Waals surface area contributed by atoms with Gasteiger partial charge in [-0.05, 0) is 61.4 Å². The molecule has 0 spiro atoms. The molecule has 1 amide bonds. The first kappa shape index (κ1) is 16.5. The lowest BCUT2D eigenvalue weighted by Crippen LogP contribution is -2.40. The number of nitrogens with zero attached hydrogens (tertiary/aromatic N) is 2. The van der Waals surface area contributed by atoms with Gasteiger partial charge in [0.05, 0.1) is 7.11 Å². The highest BCUT2D eigenvalue weighted by atomic mass is 16.5. The minimum Gasteiger partial charge on any atom is -0.497 e. The summed E-state index contributed by atoms with van der Waals surface area (Å²) in [6.07, 6.45) is 6.10. The van der Waals surface area contributed by atoms with E-state index < -0.39 is 0 Å². The van der Waals surface area contributed by atoms with Crippen molar-refractivity contribution in [1.82, 2.24) is 9.88 Å². The van der Waals surface area contributed by atoms with Crippen LogP contribution in [-0.4, -0.2) is 36.0 Å². The quantitative estimate of drug-likeness (QED) is 0.844. The predicted molar refractivity (Wildman–Crippen MR) is 94.2 cm³/mol. The van der Waals surface area contributed by atoms with E-state index in [0.29, 0.717) is 11.6 Å². The van der Waals surface area contributed by atoms with Gasteiger partial charge in [-0.2, -0.15) is 0 Å². The Morgan fingerprint density at radius 3 is 2.79 bits per heavy atom. The molecular weight excluding hydrogens is 300 g/mol. The topological polar surface area (TPSA) is 42.4 Å². The Labute approximate surface area is 143 Å². The molecule has 0 N–H and O–H groups in total. The van der Waals surface area contributed by atoms with Crippen LogP contribution in [0.2, 0.25) is 0 Å². The highest BCUT2D eigenvalue weighted by Crippen LogP contribution is 2.23. The average molecular weight is 324 g/mol. The minimum absolute atomic E-state index is 0.0600. The molecular formula is C20H24N2O2. The van der Waals surface area contributed by atoms with E-state index >= 15 is 0 Å². The molecule has 1 aromatic heterocycles. The number of hydrogen-bond acceptors (Lipinski definition) is 3. The number of pyridine rings is 1. The van der Waals surface area contributed by atoms with Crippen molar-refractivity contribution in [2.75, 3.05) is 20.2 Å². The van der Waals surface area contributed by atoms with Crippen LogP contribution in [0.15, 0.2) is 48.7 Å². The van der Waals surface area contributed by atoms with E-state index in [4.69, 9.17) is 4.74 Å². The maximum Gasteiger partial charge on any atom is 0.272 e. The van der Waals surface area contributed by atoms with Crippen LogP contribution in [0.1, 0.15) is 35.3 Å². The molecule has 1 fully saturated rings. The number of carbonyl (C=O) groups is 1. The SMILES string of the molecule is COc1ccc(CCC2CCCN(C(=O)c3ccccn3)C2)cc1. The molecule has 1 aliphatic heterocycles. The Hall–Kier alpha value is -2.36. The summed E-state index contributed by atoms with van der Waals surface area (Å²) in [6.45, 7) is 1.68. The van der Waals surface area contributed by atoms with Crippen LogP contribution < -0.4 is 4.74 Å². The van der Waals surface area contributed by atoms with E-state index in [-0.39, 0.29) is 5.91 Å². The van der Waals surface area contributed by atoms with E-state index in [1.807, 2.05) is 29.2 Å². The summed E-state index contributed by atoms with van der Waals surface area (Å²) < 4.78 is 5.20. The molecule has 2 aromatic rings. The Morgan fingerprint density at radius 2 is 2.08 bits per heavy atom. The predicted octanol–water partition coefficient (Wildman–Crippen LogP) is 3.58. The van der Waals surface area contributed by atoms with Gasteiger partial charge in [0.1, 0.15) is 11.4 Å². The van der Waals surface area contributed by atoms with Gasteiger partial charge >= 0.3 is 0 Å². The van der Waals surface area contributed by atoms with Crippen molar-refractivity contribution in [2.24, 2.45) is 5.92 Å². The second kappa shape index (κ2) is 7.95. The highest BCUT2D eigenvalue weighted by molar-refractivity contribution is 5.92. The van der Waals surface area contributed by atoms with E-state index in [1.54, 1.807) is 19.4 Å². The number of methoxy groups -OCH3 is 1. The van der Waals surface area contributed by atoms with Crippen molar-refractivity contribution in [3.05, 3.63) is 59.9 Å². The van der Waals surface area contributed by atoms with Crippen LogP contribution in [0.4, 0.5) is 0 Å². The maximum absolute atomic E-state index is 12.5. The molecule has 24 heavy (non-hydrogen) atoms. The van der Waals surface area contributed by atoms with E-state index in [9.17, 15) is 4.79 Å². The van der Waals surface area contributed by atoms with Gasteiger partial charge in [-0.15, -0.1) is 0 Å². The number of piperidine rings is 1. The zero-order valence-electron chi connectivity index (χ0n) is 14.1. The molecule has 0 bridgehead atoms. The third-order valence-corrected chi connectivity index (χ3v) is 4.69. The van der Waals surface area contributed by atoms with Gasteiger partial charge in [0.25, 0.3) is 5.91 Å². The van der Waals surface area contributed by atoms with Gasteiger partial charge in [-0.1, -0.05) is 18.2 Å². The molecule has 4 nitrogen and oxygen atoms in total. The van der Waals surface area contributed by atoms with Crippen molar-refractivity contribution in [2.45, 2.75) is 25.7 Å². The maximum atomic E-state index is 12.5. The zero-order valence-corrected chi connectivity index (χ0v) is 14.1. The van der Waals surface area contributed by atoms with Crippen LogP contribution >= 0.6 is 0 Å². The Balaban J connectivity index is 1.54. The number of aromatic nitrogens is 1. The Morgan fingerprint density at radius 1 is 1.25 bits per heavy atom. The zero-order chi connectivity index (χ0) is 16.8. The van der Waals surface area contributed by atoms with Gasteiger partial charge in [-0.3, -0.25) is 9.78 Å². The standard InChI is InChI=1S/C20H24N2O2/c1-24-18-11-9-16(10-12-18)7-8-17-5-4-14-22(15-17)20(23)19-6-2-3-13-21-19/h2-3,6,9-13,17H,4-5,7-8,14-15H2,1H3. The summed E-state index contributed by atoms with van der Waals surface area (Å²) in [6, 6.07) is 13.8. The fourth-order valence-electron chi connectivity index (χ4n) is 3.30. The molecule has 4 heteroatoms. The molecule has 126 valence electrons. The molecule has 1 aromatic carbocycles. The molecule has 1 aliphatic rings. The van der Waals surface area contributed by atoms with Gasteiger partial charge in [0, 0.05) is 19.3 Å². The summed E-state index contributed by atoms with van der Waals surface area (Å²) in [4.78, 5) is 18.7. The first-order valence-electron chi connectivity index (χ1n) is 8.59. The number of carbonyl (C=O) groups excluding carboxylic acids is 1. The monoisotopic (exact) mass is 324 g/mol. The third-order valence-electron chi connectivity index (χ3n) is 4.69. The summed E-state index contributed by atoms with van der Waals surface area (Å²) in [7, 11) is 1.68. The lowest BCUT2D eigenvalue weighted by Gasteiger charge is -2.32. The van der Waals surface area contributed by atoms with E-state index in [1.165, 1.54) is 12.0 Å². The Bertz CT molecular complexity index is 655. The molecule has 1 saturated heterocycles. The fourth-order valence-corrected chi connectivity index (χ4v) is 3.30. The molecule has 3 rings (SSSR count). The van der Waals surface area contributed by atoms with Crippen LogP contribution in [0, 0.1) is 5.92 Å². The lowest BCUT2D eigenvalue weighted by atomic mass is 9.91. The molecule has 0 radical (unpaired) electrons. The van der Waals surface area contributed by atoms with E-state index in [2.05, 4.69) is 17.1 Å². The fraction of sp³-hybridized carbons (Fsp3) is 0.400. The van der Waals surface area contributed by atoms with Gasteiger partial charge in [0.15, 0.2) is 0 Å². The number of amides is 1. The van der Waals surface area contributed by atoms with Gasteiger partial charge in [-0.25, -0.2) is 0 Å². The van der Waals surface area contributed by atoms with Crippen LogP contribution in [0.3, 0.4) is 0 Å². The summed E-state index contributed by atoms with van der Waals surface area (Å²) in [5.74, 6) is 1.52. The second-order valence-electron chi connectivity index (χ2n) is 6.36. The van der Waals surface area contributed by atoms with Crippen molar-refractivity contribution < 1.29 is 9.53 Å². The number of likely N-dealkylation sites (tertiary alicyclic amines) is 1. The van der Waals surface area contributed by atoms with Crippen molar-refractivity contribution in [3.8, 4) is 5.75 Å². The van der Waals surface area contributed by atoms with E-state index in [0.717, 1.165) is 38.1 Å². The second-order valence-corrected chi connectivity index (χ2v) is 6.36. The highest BCUT2D eigenvalue weighted by Gasteiger charge is 2.24. The van der Waals surface area contributed by atoms with Crippen molar-refractivity contribution in [1.29, 1.82) is 0 Å². The normalized spacial score (nSPS) is 17.5. The summed E-state index contributed by atoms with van der Waals surface area (Å²) in [5, 5.41) is 0.